The summed E-state index contributed by atoms with van der Waals surface area (Å²) in [5.41, 5.74) is 0.691. The summed E-state index contributed by atoms with van der Waals surface area (Å²) in [6.45, 7) is 1.97. The van der Waals surface area contributed by atoms with Gasteiger partial charge in [-0.1, -0.05) is 6.42 Å². The van der Waals surface area contributed by atoms with Gasteiger partial charge >= 0.3 is 0 Å². The molecule has 0 radical (unpaired) electrons. The molecule has 2 aliphatic rings. The SMILES string of the molecule is C[C@H](NS(=O)(=O)c1ccc(NC(=O)c2cnccn2)cc1)[C@@H]1C[C@H]2CC[C@H]1C2. The Kier molecular flexibility index (Phi) is 5.16. The number of nitrogens with one attached hydrogen (secondary N) is 2. The van der Waals surface area contributed by atoms with E-state index in [9.17, 15) is 13.2 Å². The van der Waals surface area contributed by atoms with E-state index in [-0.39, 0.29) is 16.6 Å². The third-order valence-electron chi connectivity index (χ3n) is 5.99. The summed E-state index contributed by atoms with van der Waals surface area (Å²) in [4.78, 5) is 20.1. The van der Waals surface area contributed by atoms with E-state index in [1.165, 1.54) is 50.0 Å². The highest BCUT2D eigenvalue weighted by Crippen LogP contribution is 2.49. The van der Waals surface area contributed by atoms with Crippen LogP contribution in [0.25, 0.3) is 0 Å². The number of nitrogens with zero attached hydrogens (tertiary/aromatic N) is 2. The highest BCUT2D eigenvalue weighted by molar-refractivity contribution is 7.89. The van der Waals surface area contributed by atoms with Crippen molar-refractivity contribution in [1.29, 1.82) is 0 Å². The van der Waals surface area contributed by atoms with Gasteiger partial charge in [-0.15, -0.1) is 0 Å². The van der Waals surface area contributed by atoms with E-state index in [4.69, 9.17) is 0 Å². The molecule has 2 N–H and O–H groups in total. The maximum atomic E-state index is 12.7. The standard InChI is InChI=1S/C20H24N4O3S/c1-13(18-11-14-2-3-15(18)10-14)24-28(26,27)17-6-4-16(5-7-17)23-20(25)19-12-21-8-9-22-19/h4-9,12-15,18,24H,2-3,10-11H2,1H3,(H,23,25)/t13-,14-,15-,18-/m0/s1. The molecule has 1 aromatic carbocycles. The first-order chi connectivity index (χ1) is 13.4. The van der Waals surface area contributed by atoms with Gasteiger partial charge in [0.25, 0.3) is 5.91 Å². The molecule has 2 fully saturated rings. The van der Waals surface area contributed by atoms with Crippen LogP contribution in [0, 0.1) is 17.8 Å². The van der Waals surface area contributed by atoms with E-state index in [0.29, 0.717) is 17.5 Å². The third-order valence-corrected chi connectivity index (χ3v) is 7.57. The predicted molar refractivity (Wildman–Crippen MR) is 105 cm³/mol. The lowest BCUT2D eigenvalue weighted by molar-refractivity contribution is 0.102. The van der Waals surface area contributed by atoms with Crippen molar-refractivity contribution in [3.8, 4) is 0 Å². The second-order valence-corrected chi connectivity index (χ2v) is 9.53. The molecule has 1 aromatic heterocycles. The van der Waals surface area contributed by atoms with Crippen molar-refractivity contribution in [3.05, 3.63) is 48.5 Å². The quantitative estimate of drug-likeness (QED) is 0.776. The van der Waals surface area contributed by atoms with Gasteiger partial charge in [0, 0.05) is 24.1 Å². The Morgan fingerprint density at radius 1 is 1.14 bits per heavy atom. The Morgan fingerprint density at radius 2 is 1.93 bits per heavy atom. The summed E-state index contributed by atoms with van der Waals surface area (Å²) in [7, 11) is -3.60. The van der Waals surface area contributed by atoms with Crippen molar-refractivity contribution in [3.63, 3.8) is 0 Å². The summed E-state index contributed by atoms with van der Waals surface area (Å²) in [5.74, 6) is 1.46. The average Bonchev–Trinajstić information content (AvgIpc) is 3.32. The number of hydrogen-bond acceptors (Lipinski definition) is 5. The molecule has 2 saturated carbocycles. The smallest absolute Gasteiger partial charge is 0.275 e. The first-order valence-electron chi connectivity index (χ1n) is 9.62. The normalized spacial score (nSPS) is 24.8. The highest BCUT2D eigenvalue weighted by Gasteiger charge is 2.42. The van der Waals surface area contributed by atoms with Crippen LogP contribution in [0.15, 0.2) is 47.8 Å². The van der Waals surface area contributed by atoms with Gasteiger partial charge in [0.05, 0.1) is 11.1 Å². The lowest BCUT2D eigenvalue weighted by atomic mass is 9.84. The number of hydrogen-bond donors (Lipinski definition) is 2. The first-order valence-corrected chi connectivity index (χ1v) is 11.1. The number of carbonyl (C=O) groups excluding carboxylic acids is 1. The molecule has 8 heteroatoms. The fourth-order valence-corrected chi connectivity index (χ4v) is 5.93. The average molecular weight is 401 g/mol. The van der Waals surface area contributed by atoms with Crippen LogP contribution >= 0.6 is 0 Å². The molecule has 4 atom stereocenters. The molecule has 2 aliphatic carbocycles. The number of fused-ring (bicyclic) bond motifs is 2. The van der Waals surface area contributed by atoms with Gasteiger partial charge in [0.15, 0.2) is 0 Å². The minimum absolute atomic E-state index is 0.0728. The minimum Gasteiger partial charge on any atom is -0.321 e. The molecule has 0 aliphatic heterocycles. The van der Waals surface area contributed by atoms with Crippen molar-refractivity contribution >= 4 is 21.6 Å². The van der Waals surface area contributed by atoms with E-state index in [0.717, 1.165) is 12.3 Å². The van der Waals surface area contributed by atoms with Crippen LogP contribution in [0.3, 0.4) is 0 Å². The Hall–Kier alpha value is -2.32. The molecule has 1 amide bonds. The summed E-state index contributed by atoms with van der Waals surface area (Å²) in [6.07, 6.45) is 9.19. The van der Waals surface area contributed by atoms with Crippen LogP contribution in [0.4, 0.5) is 5.69 Å². The van der Waals surface area contributed by atoms with Crippen LogP contribution < -0.4 is 10.0 Å². The van der Waals surface area contributed by atoms with E-state index in [1.807, 2.05) is 6.92 Å². The van der Waals surface area contributed by atoms with Crippen LogP contribution in [0.5, 0.6) is 0 Å². The van der Waals surface area contributed by atoms with E-state index >= 15 is 0 Å². The Bertz CT molecular complexity index is 947. The Labute approximate surface area is 165 Å². The zero-order valence-electron chi connectivity index (χ0n) is 15.7. The maximum Gasteiger partial charge on any atom is 0.275 e. The fourth-order valence-electron chi connectivity index (χ4n) is 4.64. The first kappa shape index (κ1) is 19.0. The Morgan fingerprint density at radius 3 is 2.54 bits per heavy atom. The summed E-state index contributed by atoms with van der Waals surface area (Å²) >= 11 is 0. The van der Waals surface area contributed by atoms with E-state index in [1.54, 1.807) is 12.1 Å². The van der Waals surface area contributed by atoms with Gasteiger partial charge in [0.1, 0.15) is 5.69 Å². The van der Waals surface area contributed by atoms with Gasteiger partial charge in [-0.05, 0) is 68.2 Å². The molecular weight excluding hydrogens is 376 g/mol. The van der Waals surface area contributed by atoms with Crippen LogP contribution in [-0.2, 0) is 10.0 Å². The maximum absolute atomic E-state index is 12.7. The largest absolute Gasteiger partial charge is 0.321 e. The summed E-state index contributed by atoms with van der Waals surface area (Å²) < 4.78 is 28.3. The molecule has 1 heterocycles. The van der Waals surface area contributed by atoms with Crippen LogP contribution in [0.1, 0.15) is 43.1 Å². The zero-order valence-corrected chi connectivity index (χ0v) is 16.5. The predicted octanol–water partition coefficient (Wildman–Crippen LogP) is 2.83. The highest BCUT2D eigenvalue weighted by atomic mass is 32.2. The molecule has 4 rings (SSSR count). The van der Waals surface area contributed by atoms with Crippen molar-refractivity contribution in [2.75, 3.05) is 5.32 Å². The minimum atomic E-state index is -3.60. The topological polar surface area (TPSA) is 101 Å². The number of aromatic nitrogens is 2. The molecule has 0 unspecified atom stereocenters. The van der Waals surface area contributed by atoms with Gasteiger partial charge in [-0.2, -0.15) is 0 Å². The zero-order chi connectivity index (χ0) is 19.7. The monoisotopic (exact) mass is 400 g/mol. The van der Waals surface area contributed by atoms with Crippen molar-refractivity contribution < 1.29 is 13.2 Å². The molecule has 0 spiro atoms. The molecule has 2 aromatic rings. The number of rotatable bonds is 6. The van der Waals surface area contributed by atoms with Gasteiger partial charge in [-0.25, -0.2) is 18.1 Å². The van der Waals surface area contributed by atoms with Gasteiger partial charge < -0.3 is 5.32 Å². The number of benzene rings is 1. The number of carbonyl (C=O) groups is 1. The van der Waals surface area contributed by atoms with Crippen molar-refractivity contribution in [2.24, 2.45) is 17.8 Å². The van der Waals surface area contributed by atoms with Gasteiger partial charge in [-0.3, -0.25) is 9.78 Å². The van der Waals surface area contributed by atoms with E-state index < -0.39 is 15.9 Å². The lowest BCUT2D eigenvalue weighted by Crippen LogP contribution is -2.40. The second kappa shape index (κ2) is 7.60. The summed E-state index contributed by atoms with van der Waals surface area (Å²) in [6, 6.07) is 6.08. The van der Waals surface area contributed by atoms with Crippen molar-refractivity contribution in [2.45, 2.75) is 43.5 Å². The number of sulfonamides is 1. The number of anilines is 1. The Balaban J connectivity index is 1.40. The number of amides is 1. The van der Waals surface area contributed by atoms with E-state index in [2.05, 4.69) is 20.0 Å². The molecule has 2 bridgehead atoms. The molecule has 0 saturated heterocycles. The third kappa shape index (κ3) is 3.93. The second-order valence-electron chi connectivity index (χ2n) is 7.82. The molecule has 148 valence electrons. The molecule has 28 heavy (non-hydrogen) atoms. The van der Waals surface area contributed by atoms with Crippen LogP contribution in [-0.4, -0.2) is 30.3 Å². The summed E-state index contributed by atoms with van der Waals surface area (Å²) in [5, 5.41) is 2.68. The molecular formula is C20H24N4O3S. The van der Waals surface area contributed by atoms with Gasteiger partial charge in [0.2, 0.25) is 10.0 Å². The fraction of sp³-hybridized carbons (Fsp3) is 0.450. The lowest BCUT2D eigenvalue weighted by Gasteiger charge is -2.28. The van der Waals surface area contributed by atoms with Crippen LogP contribution in [0.2, 0.25) is 0 Å². The van der Waals surface area contributed by atoms with Crippen molar-refractivity contribution in [1.82, 2.24) is 14.7 Å². The molecule has 7 nitrogen and oxygen atoms in total.